The Morgan fingerprint density at radius 1 is 0.609 bits per heavy atom. The zero-order valence-corrected chi connectivity index (χ0v) is 43.0. The van der Waals surface area contributed by atoms with Gasteiger partial charge in [0, 0.05) is 16.7 Å². The first-order valence-electron chi connectivity index (χ1n) is 25.2. The van der Waals surface area contributed by atoms with E-state index in [1.54, 1.807) is 0 Å². The van der Waals surface area contributed by atoms with Crippen molar-refractivity contribution in [2.75, 3.05) is 0 Å². The molecule has 0 fully saturated rings. The van der Waals surface area contributed by atoms with Crippen LogP contribution in [0.3, 0.4) is 0 Å². The maximum atomic E-state index is 4.07. The molecule has 0 radical (unpaired) electrons. The minimum atomic E-state index is -0.128. The SMILES string of the molecule is C=CC=C/C=C1/C(c2ccccc2-c2ccc3c(c2)C(C)(C)c2ccccc2-3)=c2ccc(-c3ccc(C(C)C)c(C(C)(C)C/C=C\C)c3)cc2=C(c2ccc3c(c2)C(C)(C)C(C)=C3/C=C\C=C)C1C. The van der Waals surface area contributed by atoms with E-state index in [2.05, 4.69) is 253 Å². The molecule has 0 amide bonds. The van der Waals surface area contributed by atoms with Crippen LogP contribution in [0.4, 0.5) is 0 Å². The van der Waals surface area contributed by atoms with Crippen molar-refractivity contribution < 1.29 is 0 Å². The van der Waals surface area contributed by atoms with E-state index in [0.29, 0.717) is 5.92 Å². The lowest BCUT2D eigenvalue weighted by atomic mass is 9.73. The van der Waals surface area contributed by atoms with Crippen molar-refractivity contribution in [2.24, 2.45) is 5.92 Å². The topological polar surface area (TPSA) is 0 Å². The van der Waals surface area contributed by atoms with Gasteiger partial charge in [0.25, 0.3) is 0 Å². The Morgan fingerprint density at radius 2 is 1.22 bits per heavy atom. The molecular weight excluding hydrogens is 829 g/mol. The third kappa shape index (κ3) is 8.07. The van der Waals surface area contributed by atoms with Gasteiger partial charge in [-0.1, -0.05) is 239 Å². The zero-order valence-electron chi connectivity index (χ0n) is 43.0. The Hall–Kier alpha value is -6.76. The largest absolute Gasteiger partial charge is 0.0991 e. The fourth-order valence-electron chi connectivity index (χ4n) is 11.9. The van der Waals surface area contributed by atoms with Gasteiger partial charge in [0.2, 0.25) is 0 Å². The second kappa shape index (κ2) is 18.3. The summed E-state index contributed by atoms with van der Waals surface area (Å²) in [7, 11) is 0. The average molecular weight is 899 g/mol. The summed E-state index contributed by atoms with van der Waals surface area (Å²) < 4.78 is 0. The molecule has 0 aliphatic heterocycles. The summed E-state index contributed by atoms with van der Waals surface area (Å²) in [5, 5.41) is 2.54. The van der Waals surface area contributed by atoms with Crippen LogP contribution in [0.5, 0.6) is 0 Å². The normalized spacial score (nSPS) is 17.6. The molecular formula is C69H70. The van der Waals surface area contributed by atoms with Crippen LogP contribution in [0.15, 0.2) is 200 Å². The summed E-state index contributed by atoms with van der Waals surface area (Å²) in [6.45, 7) is 33.9. The van der Waals surface area contributed by atoms with Gasteiger partial charge in [0.1, 0.15) is 0 Å². The monoisotopic (exact) mass is 899 g/mol. The molecule has 0 saturated heterocycles. The highest BCUT2D eigenvalue weighted by Crippen LogP contribution is 2.51. The lowest BCUT2D eigenvalue weighted by Gasteiger charge is -2.30. The highest BCUT2D eigenvalue weighted by molar-refractivity contribution is 5.95. The summed E-state index contributed by atoms with van der Waals surface area (Å²) in [5.74, 6) is 0.469. The highest BCUT2D eigenvalue weighted by atomic mass is 14.4. The molecule has 0 heterocycles. The van der Waals surface area contributed by atoms with Gasteiger partial charge in [-0.05, 0) is 160 Å². The molecule has 9 rings (SSSR count). The third-order valence-corrected chi connectivity index (χ3v) is 16.0. The van der Waals surface area contributed by atoms with Crippen molar-refractivity contribution in [3.8, 4) is 33.4 Å². The van der Waals surface area contributed by atoms with Gasteiger partial charge in [-0.15, -0.1) is 0 Å². The highest BCUT2D eigenvalue weighted by Gasteiger charge is 2.37. The van der Waals surface area contributed by atoms with Crippen molar-refractivity contribution >= 4 is 16.7 Å². The van der Waals surface area contributed by atoms with Crippen LogP contribution in [-0.4, -0.2) is 0 Å². The van der Waals surface area contributed by atoms with E-state index >= 15 is 0 Å². The summed E-state index contributed by atoms with van der Waals surface area (Å²) in [6, 6.07) is 47.1. The van der Waals surface area contributed by atoms with Crippen molar-refractivity contribution in [3.05, 3.63) is 255 Å². The number of allylic oxidation sites excluding steroid dienone is 12. The first-order valence-corrected chi connectivity index (χ1v) is 25.2. The molecule has 0 heteroatoms. The molecule has 6 aromatic carbocycles. The zero-order chi connectivity index (χ0) is 49.0. The van der Waals surface area contributed by atoms with E-state index in [0.717, 1.165) is 6.42 Å². The molecule has 0 N–H and O–H groups in total. The van der Waals surface area contributed by atoms with Crippen LogP contribution >= 0.6 is 0 Å². The Labute approximate surface area is 414 Å². The number of fused-ring (bicyclic) bond motifs is 5. The van der Waals surface area contributed by atoms with Crippen molar-refractivity contribution in [3.63, 3.8) is 0 Å². The van der Waals surface area contributed by atoms with E-state index in [4.69, 9.17) is 0 Å². The van der Waals surface area contributed by atoms with Gasteiger partial charge in [-0.25, -0.2) is 0 Å². The standard InChI is InChI=1S/C69H70/c1-14-17-20-26-52-45(6)65(50-34-37-56-53(25-18-15-2)46(7)68(10,11)63(56)43-50)60-40-47(48-31-35-51(44(4)5)62(41-48)67(8,9)39-19-16-3)32-38-59(60)66(52)58-29-22-21-27-54(58)49-33-36-57-55-28-23-24-30-61(55)69(12,13)64(57)42-49/h14-38,40-45H,1-2,39H2,3-13H3/b19-16-,20-17?,25-18-,52-26+. The summed E-state index contributed by atoms with van der Waals surface area (Å²) in [4.78, 5) is 0. The average Bonchev–Trinajstić information content (AvgIpc) is 3.69. The van der Waals surface area contributed by atoms with Gasteiger partial charge < -0.3 is 0 Å². The second-order valence-corrected chi connectivity index (χ2v) is 21.6. The minimum absolute atomic E-state index is 0.0237. The first-order chi connectivity index (χ1) is 33.0. The summed E-state index contributed by atoms with van der Waals surface area (Å²) in [6.07, 6.45) is 20.1. The van der Waals surface area contributed by atoms with Crippen molar-refractivity contribution in [1.82, 2.24) is 0 Å². The van der Waals surface area contributed by atoms with Crippen LogP contribution in [0.2, 0.25) is 0 Å². The van der Waals surface area contributed by atoms with Crippen LogP contribution in [0.25, 0.3) is 50.1 Å². The number of hydrogen-bond donors (Lipinski definition) is 0. The minimum Gasteiger partial charge on any atom is -0.0991 e. The predicted octanol–water partition coefficient (Wildman–Crippen LogP) is 17.2. The van der Waals surface area contributed by atoms with Gasteiger partial charge in [0.15, 0.2) is 0 Å². The quantitative estimate of drug-likeness (QED) is 0.0848. The maximum absolute atomic E-state index is 4.07. The Bertz CT molecular complexity index is 3350. The molecule has 1 unspecified atom stereocenters. The molecule has 3 aliphatic rings. The molecule has 0 bridgehead atoms. The van der Waals surface area contributed by atoms with E-state index in [1.807, 2.05) is 12.2 Å². The molecule has 0 aromatic heterocycles. The first kappa shape index (κ1) is 47.3. The molecule has 0 nitrogen and oxygen atoms in total. The van der Waals surface area contributed by atoms with E-state index < -0.39 is 0 Å². The lowest BCUT2D eigenvalue weighted by molar-refractivity contribution is 0.524. The molecule has 69 heavy (non-hydrogen) atoms. The Morgan fingerprint density at radius 3 is 1.94 bits per heavy atom. The van der Waals surface area contributed by atoms with Crippen molar-refractivity contribution in [2.45, 2.75) is 105 Å². The van der Waals surface area contributed by atoms with Gasteiger partial charge in [-0.3, -0.25) is 0 Å². The maximum Gasteiger partial charge on any atom is 0.0159 e. The number of benzene rings is 6. The number of hydrogen-bond acceptors (Lipinski definition) is 0. The van der Waals surface area contributed by atoms with Crippen LogP contribution in [-0.2, 0) is 16.2 Å². The lowest BCUT2D eigenvalue weighted by Crippen LogP contribution is -2.37. The smallest absolute Gasteiger partial charge is 0.0159 e. The molecule has 1 atom stereocenters. The fourth-order valence-corrected chi connectivity index (χ4v) is 11.9. The predicted molar refractivity (Wildman–Crippen MR) is 300 cm³/mol. The molecule has 3 aliphatic carbocycles. The molecule has 0 spiro atoms. The Kier molecular flexibility index (Phi) is 12.5. The van der Waals surface area contributed by atoms with Crippen LogP contribution < -0.4 is 10.4 Å². The number of rotatable bonds is 12. The fraction of sp³-hybridized carbons (Fsp3) is 0.246. The van der Waals surface area contributed by atoms with Crippen molar-refractivity contribution in [1.29, 1.82) is 0 Å². The molecule has 0 saturated carbocycles. The summed E-state index contributed by atoms with van der Waals surface area (Å²) in [5.41, 5.74) is 24.8. The third-order valence-electron chi connectivity index (χ3n) is 16.0. The van der Waals surface area contributed by atoms with Gasteiger partial charge in [-0.2, -0.15) is 0 Å². The second-order valence-electron chi connectivity index (χ2n) is 21.6. The van der Waals surface area contributed by atoms with E-state index in [1.165, 1.54) is 116 Å². The van der Waals surface area contributed by atoms with Crippen LogP contribution in [0.1, 0.15) is 133 Å². The van der Waals surface area contributed by atoms with E-state index in [-0.39, 0.29) is 22.2 Å². The summed E-state index contributed by atoms with van der Waals surface area (Å²) >= 11 is 0. The molecule has 6 aromatic rings. The van der Waals surface area contributed by atoms with Gasteiger partial charge in [0.05, 0.1) is 0 Å². The van der Waals surface area contributed by atoms with E-state index in [9.17, 15) is 0 Å². The van der Waals surface area contributed by atoms with Crippen LogP contribution in [0, 0.1) is 5.92 Å². The Balaban J connectivity index is 1.36. The molecule has 346 valence electrons. The van der Waals surface area contributed by atoms with Gasteiger partial charge >= 0.3 is 0 Å².